The molecule has 2 aromatic rings. The van der Waals surface area contributed by atoms with Crippen LogP contribution in [0.4, 0.5) is 0 Å². The fraction of sp³-hybridized carbons (Fsp3) is 0.357. The van der Waals surface area contributed by atoms with Crippen LogP contribution in [0, 0.1) is 0 Å². The van der Waals surface area contributed by atoms with Gasteiger partial charge in [-0.1, -0.05) is 26.0 Å². The van der Waals surface area contributed by atoms with E-state index in [1.807, 2.05) is 19.4 Å². The lowest BCUT2D eigenvalue weighted by atomic mass is 10.0. The molecule has 0 radical (unpaired) electrons. The standard InChI is InChI=1S/C14H19N3/c1-10(2)12-5-4-6-13(7-12)17-9-16-8-14(17)11(3)15/h4-11H,15H2,1-3H3/t11-/m1/s1. The minimum Gasteiger partial charge on any atom is -0.323 e. The zero-order valence-corrected chi connectivity index (χ0v) is 10.6. The molecule has 0 aliphatic heterocycles. The van der Waals surface area contributed by atoms with Crippen LogP contribution in [-0.2, 0) is 0 Å². The van der Waals surface area contributed by atoms with Crippen LogP contribution in [0.2, 0.25) is 0 Å². The van der Waals surface area contributed by atoms with E-state index in [1.165, 1.54) is 5.56 Å². The Kier molecular flexibility index (Phi) is 3.29. The van der Waals surface area contributed by atoms with E-state index in [2.05, 4.69) is 47.7 Å². The van der Waals surface area contributed by atoms with Crippen molar-refractivity contribution in [3.63, 3.8) is 0 Å². The topological polar surface area (TPSA) is 43.8 Å². The number of hydrogen-bond donors (Lipinski definition) is 1. The van der Waals surface area contributed by atoms with Gasteiger partial charge in [-0.05, 0) is 30.5 Å². The molecule has 0 bridgehead atoms. The predicted octanol–water partition coefficient (Wildman–Crippen LogP) is 3.02. The summed E-state index contributed by atoms with van der Waals surface area (Å²) in [5, 5.41) is 0. The Labute approximate surface area is 102 Å². The summed E-state index contributed by atoms with van der Waals surface area (Å²) in [5.41, 5.74) is 9.42. The molecule has 1 aromatic carbocycles. The lowest BCUT2D eigenvalue weighted by molar-refractivity contribution is 0.751. The Morgan fingerprint density at radius 1 is 1.24 bits per heavy atom. The first kappa shape index (κ1) is 11.9. The molecule has 1 heterocycles. The van der Waals surface area contributed by atoms with Crippen molar-refractivity contribution < 1.29 is 0 Å². The van der Waals surface area contributed by atoms with Gasteiger partial charge in [-0.3, -0.25) is 0 Å². The number of hydrogen-bond acceptors (Lipinski definition) is 2. The second-order valence-electron chi connectivity index (χ2n) is 4.73. The lowest BCUT2D eigenvalue weighted by Gasteiger charge is -2.13. The number of imidazole rings is 1. The van der Waals surface area contributed by atoms with E-state index in [0.29, 0.717) is 5.92 Å². The summed E-state index contributed by atoms with van der Waals surface area (Å²) >= 11 is 0. The van der Waals surface area contributed by atoms with E-state index in [4.69, 9.17) is 5.73 Å². The van der Waals surface area contributed by atoms with Crippen molar-refractivity contribution in [2.75, 3.05) is 0 Å². The summed E-state index contributed by atoms with van der Waals surface area (Å²) in [6.45, 7) is 6.36. The summed E-state index contributed by atoms with van der Waals surface area (Å²) < 4.78 is 2.05. The highest BCUT2D eigenvalue weighted by atomic mass is 15.1. The molecule has 17 heavy (non-hydrogen) atoms. The van der Waals surface area contributed by atoms with E-state index < -0.39 is 0 Å². The van der Waals surface area contributed by atoms with Crippen LogP contribution in [0.15, 0.2) is 36.8 Å². The first-order valence-corrected chi connectivity index (χ1v) is 5.97. The highest BCUT2D eigenvalue weighted by molar-refractivity contribution is 5.38. The Bertz CT molecular complexity index is 498. The van der Waals surface area contributed by atoms with Crippen molar-refractivity contribution in [1.82, 2.24) is 9.55 Å². The summed E-state index contributed by atoms with van der Waals surface area (Å²) in [6, 6.07) is 8.49. The van der Waals surface area contributed by atoms with Gasteiger partial charge in [0.05, 0.1) is 18.2 Å². The van der Waals surface area contributed by atoms with Gasteiger partial charge >= 0.3 is 0 Å². The fourth-order valence-electron chi connectivity index (χ4n) is 1.89. The number of benzene rings is 1. The quantitative estimate of drug-likeness (QED) is 0.879. The molecule has 2 rings (SSSR count). The van der Waals surface area contributed by atoms with Gasteiger partial charge in [0, 0.05) is 11.7 Å². The Morgan fingerprint density at radius 3 is 2.65 bits per heavy atom. The maximum atomic E-state index is 5.93. The van der Waals surface area contributed by atoms with Crippen molar-refractivity contribution in [2.45, 2.75) is 32.7 Å². The maximum Gasteiger partial charge on any atom is 0.0994 e. The van der Waals surface area contributed by atoms with E-state index >= 15 is 0 Å². The highest BCUT2D eigenvalue weighted by Crippen LogP contribution is 2.20. The average molecular weight is 229 g/mol. The van der Waals surface area contributed by atoms with Gasteiger partial charge in [0.1, 0.15) is 0 Å². The molecule has 90 valence electrons. The molecule has 0 aliphatic rings. The van der Waals surface area contributed by atoms with Crippen molar-refractivity contribution in [2.24, 2.45) is 5.73 Å². The first-order chi connectivity index (χ1) is 8.09. The molecule has 0 unspecified atom stereocenters. The minimum absolute atomic E-state index is 0.0137. The monoisotopic (exact) mass is 229 g/mol. The molecule has 2 N–H and O–H groups in total. The molecule has 0 spiro atoms. The molecule has 3 heteroatoms. The third-order valence-corrected chi connectivity index (χ3v) is 2.95. The van der Waals surface area contributed by atoms with Crippen LogP contribution in [0.5, 0.6) is 0 Å². The van der Waals surface area contributed by atoms with Crippen molar-refractivity contribution in [3.05, 3.63) is 48.0 Å². The molecule has 0 saturated carbocycles. The maximum absolute atomic E-state index is 5.93. The predicted molar refractivity (Wildman–Crippen MR) is 70.3 cm³/mol. The van der Waals surface area contributed by atoms with E-state index in [-0.39, 0.29) is 6.04 Å². The molecule has 3 nitrogen and oxygen atoms in total. The molecular formula is C14H19N3. The fourth-order valence-corrected chi connectivity index (χ4v) is 1.89. The molecule has 1 aromatic heterocycles. The van der Waals surface area contributed by atoms with E-state index in [9.17, 15) is 0 Å². The SMILES string of the molecule is CC(C)c1cccc(-n2cncc2[C@@H](C)N)c1. The highest BCUT2D eigenvalue weighted by Gasteiger charge is 2.09. The third kappa shape index (κ3) is 2.39. The number of nitrogens with zero attached hydrogens (tertiary/aromatic N) is 2. The van der Waals surface area contributed by atoms with Gasteiger partial charge in [0.15, 0.2) is 0 Å². The van der Waals surface area contributed by atoms with Crippen LogP contribution in [0.1, 0.15) is 44.0 Å². The van der Waals surface area contributed by atoms with E-state index in [1.54, 1.807) is 0 Å². The van der Waals surface area contributed by atoms with Crippen LogP contribution >= 0.6 is 0 Å². The summed E-state index contributed by atoms with van der Waals surface area (Å²) in [7, 11) is 0. The molecule has 0 fully saturated rings. The van der Waals surface area contributed by atoms with Gasteiger partial charge in [-0.25, -0.2) is 4.98 Å². The van der Waals surface area contributed by atoms with Gasteiger partial charge < -0.3 is 10.3 Å². The van der Waals surface area contributed by atoms with Gasteiger partial charge in [0.2, 0.25) is 0 Å². The summed E-state index contributed by atoms with van der Waals surface area (Å²) in [5.74, 6) is 0.525. The van der Waals surface area contributed by atoms with Crippen LogP contribution in [0.3, 0.4) is 0 Å². The summed E-state index contributed by atoms with van der Waals surface area (Å²) in [4.78, 5) is 4.18. The zero-order valence-electron chi connectivity index (χ0n) is 10.6. The number of nitrogens with two attached hydrogens (primary N) is 1. The second-order valence-corrected chi connectivity index (χ2v) is 4.73. The zero-order chi connectivity index (χ0) is 12.4. The van der Waals surface area contributed by atoms with Crippen molar-refractivity contribution in [1.29, 1.82) is 0 Å². The smallest absolute Gasteiger partial charge is 0.0994 e. The second kappa shape index (κ2) is 4.72. The average Bonchev–Trinajstić information content (AvgIpc) is 2.78. The number of rotatable bonds is 3. The first-order valence-electron chi connectivity index (χ1n) is 5.97. The molecular weight excluding hydrogens is 210 g/mol. The van der Waals surface area contributed by atoms with Crippen molar-refractivity contribution in [3.8, 4) is 5.69 Å². The molecule has 0 aliphatic carbocycles. The molecule has 0 saturated heterocycles. The summed E-state index contributed by atoms with van der Waals surface area (Å²) in [6.07, 6.45) is 3.64. The van der Waals surface area contributed by atoms with Gasteiger partial charge in [-0.2, -0.15) is 0 Å². The molecule has 0 amide bonds. The lowest BCUT2D eigenvalue weighted by Crippen LogP contribution is -2.10. The molecule has 1 atom stereocenters. The van der Waals surface area contributed by atoms with Gasteiger partial charge in [0.25, 0.3) is 0 Å². The normalized spacial score (nSPS) is 13.0. The Morgan fingerprint density at radius 2 is 2.00 bits per heavy atom. The van der Waals surface area contributed by atoms with Crippen LogP contribution < -0.4 is 5.73 Å². The largest absolute Gasteiger partial charge is 0.323 e. The van der Waals surface area contributed by atoms with E-state index in [0.717, 1.165) is 11.4 Å². The Hall–Kier alpha value is -1.61. The minimum atomic E-state index is -0.0137. The van der Waals surface area contributed by atoms with Crippen LogP contribution in [0.25, 0.3) is 5.69 Å². The third-order valence-electron chi connectivity index (χ3n) is 2.95. The van der Waals surface area contributed by atoms with Gasteiger partial charge in [-0.15, -0.1) is 0 Å². The Balaban J connectivity index is 2.46. The number of aromatic nitrogens is 2. The van der Waals surface area contributed by atoms with Crippen LogP contribution in [-0.4, -0.2) is 9.55 Å². The van der Waals surface area contributed by atoms with Crippen molar-refractivity contribution >= 4 is 0 Å².